The van der Waals surface area contributed by atoms with Crippen LogP contribution in [0.25, 0.3) is 0 Å². The van der Waals surface area contributed by atoms with E-state index in [-0.39, 0.29) is 18.2 Å². The van der Waals surface area contributed by atoms with Gasteiger partial charge in [-0.1, -0.05) is 6.07 Å². The zero-order valence-electron chi connectivity index (χ0n) is 16.5. The Morgan fingerprint density at radius 3 is 2.76 bits per heavy atom. The Hall–Kier alpha value is -3.07. The molecule has 1 aliphatic rings. The summed E-state index contributed by atoms with van der Waals surface area (Å²) < 4.78 is 17.0. The second-order valence-corrected chi connectivity index (χ2v) is 6.75. The number of aromatic nitrogens is 2. The van der Waals surface area contributed by atoms with E-state index in [1.165, 1.54) is 0 Å². The molecule has 1 unspecified atom stereocenters. The number of hydrogen-bond acceptors (Lipinski definition) is 6. The average molecular weight is 403 g/mol. The molecule has 3 rings (SSSR count). The van der Waals surface area contributed by atoms with Gasteiger partial charge < -0.3 is 24.5 Å². The van der Waals surface area contributed by atoms with Crippen molar-refractivity contribution in [1.29, 1.82) is 0 Å². The minimum Gasteiger partial charge on any atom is -0.493 e. The SMILES string of the molecule is COc1ccc(CCNC(=O)c2c[nH]c(=O)n(CC3CCCO3)c2=O)cc1OC. The molecule has 1 aliphatic heterocycles. The highest BCUT2D eigenvalue weighted by Crippen LogP contribution is 2.27. The van der Waals surface area contributed by atoms with Crippen molar-refractivity contribution in [1.82, 2.24) is 14.9 Å². The van der Waals surface area contributed by atoms with Crippen LogP contribution in [-0.4, -0.2) is 48.9 Å². The first-order chi connectivity index (χ1) is 14.0. The van der Waals surface area contributed by atoms with Gasteiger partial charge in [-0.05, 0) is 37.0 Å². The van der Waals surface area contributed by atoms with Crippen molar-refractivity contribution in [2.75, 3.05) is 27.4 Å². The number of carbonyl (C=O) groups excluding carboxylic acids is 1. The molecule has 9 nitrogen and oxygen atoms in total. The smallest absolute Gasteiger partial charge is 0.328 e. The molecule has 9 heteroatoms. The number of amides is 1. The summed E-state index contributed by atoms with van der Waals surface area (Å²) in [6.07, 6.45) is 3.20. The molecule has 2 heterocycles. The predicted molar refractivity (Wildman–Crippen MR) is 106 cm³/mol. The second kappa shape index (κ2) is 9.42. The molecule has 156 valence electrons. The molecule has 2 N–H and O–H groups in total. The Bertz CT molecular complexity index is 975. The van der Waals surface area contributed by atoms with Crippen LogP contribution in [0.3, 0.4) is 0 Å². The highest BCUT2D eigenvalue weighted by atomic mass is 16.5. The number of aromatic amines is 1. The van der Waals surface area contributed by atoms with Crippen LogP contribution in [0, 0.1) is 0 Å². The van der Waals surface area contributed by atoms with Gasteiger partial charge in [0, 0.05) is 19.3 Å². The van der Waals surface area contributed by atoms with Crippen LogP contribution >= 0.6 is 0 Å². The van der Waals surface area contributed by atoms with Gasteiger partial charge in [-0.15, -0.1) is 0 Å². The maximum absolute atomic E-state index is 12.6. The fourth-order valence-electron chi connectivity index (χ4n) is 3.28. The van der Waals surface area contributed by atoms with Gasteiger partial charge in [0.15, 0.2) is 11.5 Å². The van der Waals surface area contributed by atoms with Crippen molar-refractivity contribution in [2.45, 2.75) is 31.9 Å². The van der Waals surface area contributed by atoms with Crippen molar-refractivity contribution in [3.63, 3.8) is 0 Å². The number of carbonyl (C=O) groups is 1. The van der Waals surface area contributed by atoms with Crippen LogP contribution in [0.15, 0.2) is 34.0 Å². The molecule has 1 aromatic heterocycles. The summed E-state index contributed by atoms with van der Waals surface area (Å²) in [6, 6.07) is 5.50. The van der Waals surface area contributed by atoms with Gasteiger partial charge in [0.05, 0.1) is 26.9 Å². The number of hydrogen-bond donors (Lipinski definition) is 2. The lowest BCUT2D eigenvalue weighted by Crippen LogP contribution is -2.42. The number of ether oxygens (including phenoxy) is 3. The zero-order valence-corrected chi connectivity index (χ0v) is 16.5. The highest BCUT2D eigenvalue weighted by molar-refractivity contribution is 5.93. The molecule has 1 amide bonds. The third-order valence-corrected chi connectivity index (χ3v) is 4.86. The normalized spacial score (nSPS) is 15.9. The Morgan fingerprint density at radius 1 is 1.28 bits per heavy atom. The van der Waals surface area contributed by atoms with Crippen molar-refractivity contribution in [2.24, 2.45) is 0 Å². The molecule has 0 radical (unpaired) electrons. The number of nitrogens with one attached hydrogen (secondary N) is 2. The third-order valence-electron chi connectivity index (χ3n) is 4.86. The van der Waals surface area contributed by atoms with Crippen LogP contribution in [-0.2, 0) is 17.7 Å². The minimum atomic E-state index is -0.618. The first-order valence-electron chi connectivity index (χ1n) is 9.46. The first kappa shape index (κ1) is 20.7. The summed E-state index contributed by atoms with van der Waals surface area (Å²) in [5, 5.41) is 2.72. The lowest BCUT2D eigenvalue weighted by Gasteiger charge is -2.12. The van der Waals surface area contributed by atoms with E-state index in [0.29, 0.717) is 31.1 Å². The van der Waals surface area contributed by atoms with Crippen LogP contribution in [0.2, 0.25) is 0 Å². The number of nitrogens with zero attached hydrogens (tertiary/aromatic N) is 1. The molecule has 0 spiro atoms. The van der Waals surface area contributed by atoms with Crippen LogP contribution < -0.4 is 26.0 Å². The summed E-state index contributed by atoms with van der Waals surface area (Å²) in [7, 11) is 3.12. The molecule has 1 fully saturated rings. The largest absolute Gasteiger partial charge is 0.493 e. The number of H-pyrrole nitrogens is 1. The predicted octanol–water partition coefficient (Wildman–Crippen LogP) is 0.705. The summed E-state index contributed by atoms with van der Waals surface area (Å²) in [4.78, 5) is 39.5. The van der Waals surface area contributed by atoms with Gasteiger partial charge in [-0.3, -0.25) is 14.2 Å². The lowest BCUT2D eigenvalue weighted by atomic mass is 10.1. The molecule has 1 saturated heterocycles. The summed E-state index contributed by atoms with van der Waals surface area (Å²) in [5.74, 6) is 0.696. The highest BCUT2D eigenvalue weighted by Gasteiger charge is 2.20. The maximum atomic E-state index is 12.6. The molecule has 0 bridgehead atoms. The molecular formula is C20H25N3O6. The molecule has 1 aromatic carbocycles. The van der Waals surface area contributed by atoms with E-state index in [9.17, 15) is 14.4 Å². The summed E-state index contributed by atoms with van der Waals surface area (Å²) >= 11 is 0. The topological polar surface area (TPSA) is 112 Å². The third kappa shape index (κ3) is 4.86. The van der Waals surface area contributed by atoms with E-state index in [2.05, 4.69) is 10.3 Å². The van der Waals surface area contributed by atoms with Gasteiger partial charge in [0.25, 0.3) is 11.5 Å². The quantitative estimate of drug-likeness (QED) is 0.671. The van der Waals surface area contributed by atoms with E-state index in [1.807, 2.05) is 12.1 Å². The van der Waals surface area contributed by atoms with E-state index >= 15 is 0 Å². The standard InChI is InChI=1S/C20H25N3O6/c1-27-16-6-5-13(10-17(16)28-2)7-8-21-18(24)15-11-22-20(26)23(19(15)25)12-14-4-3-9-29-14/h5-6,10-11,14H,3-4,7-9,12H2,1-2H3,(H,21,24)(H,22,26). The Labute approximate surface area is 167 Å². The Morgan fingerprint density at radius 2 is 2.07 bits per heavy atom. The van der Waals surface area contributed by atoms with Crippen LogP contribution in [0.4, 0.5) is 0 Å². The first-order valence-corrected chi connectivity index (χ1v) is 9.46. The van der Waals surface area contributed by atoms with Crippen molar-refractivity contribution < 1.29 is 19.0 Å². The lowest BCUT2D eigenvalue weighted by molar-refractivity contribution is 0.0923. The molecule has 1 atom stereocenters. The van der Waals surface area contributed by atoms with Crippen molar-refractivity contribution in [3.05, 3.63) is 56.4 Å². The van der Waals surface area contributed by atoms with Crippen LogP contribution in [0.1, 0.15) is 28.8 Å². The van der Waals surface area contributed by atoms with Crippen molar-refractivity contribution in [3.8, 4) is 11.5 Å². The number of benzene rings is 1. The number of methoxy groups -OCH3 is 2. The van der Waals surface area contributed by atoms with Gasteiger partial charge in [-0.2, -0.15) is 0 Å². The van der Waals surface area contributed by atoms with E-state index in [1.54, 1.807) is 20.3 Å². The van der Waals surface area contributed by atoms with E-state index in [0.717, 1.165) is 29.2 Å². The van der Waals surface area contributed by atoms with Crippen LogP contribution in [0.5, 0.6) is 11.5 Å². The molecule has 2 aromatic rings. The van der Waals surface area contributed by atoms with Gasteiger partial charge >= 0.3 is 5.69 Å². The molecule has 0 aliphatic carbocycles. The average Bonchev–Trinajstić information content (AvgIpc) is 3.24. The monoisotopic (exact) mass is 403 g/mol. The second-order valence-electron chi connectivity index (χ2n) is 6.75. The molecular weight excluding hydrogens is 378 g/mol. The fraction of sp³-hybridized carbons (Fsp3) is 0.450. The maximum Gasteiger partial charge on any atom is 0.328 e. The zero-order chi connectivity index (χ0) is 20.8. The summed E-state index contributed by atoms with van der Waals surface area (Å²) in [6.45, 7) is 1.08. The molecule has 29 heavy (non-hydrogen) atoms. The van der Waals surface area contributed by atoms with Crippen molar-refractivity contribution >= 4 is 5.91 Å². The number of rotatable bonds is 8. The van der Waals surface area contributed by atoms with E-state index in [4.69, 9.17) is 14.2 Å². The Kier molecular flexibility index (Phi) is 6.71. The van der Waals surface area contributed by atoms with Gasteiger partial charge in [0.1, 0.15) is 5.56 Å². The fourth-order valence-corrected chi connectivity index (χ4v) is 3.28. The van der Waals surface area contributed by atoms with Gasteiger partial charge in [-0.25, -0.2) is 4.79 Å². The summed E-state index contributed by atoms with van der Waals surface area (Å²) in [5.41, 5.74) is -0.324. The minimum absolute atomic E-state index is 0.102. The molecule has 0 saturated carbocycles. The Balaban J connectivity index is 1.65. The van der Waals surface area contributed by atoms with Gasteiger partial charge in [0.2, 0.25) is 0 Å². The van der Waals surface area contributed by atoms with E-state index < -0.39 is 17.2 Å².